The van der Waals surface area contributed by atoms with E-state index in [9.17, 15) is 0 Å². The Morgan fingerprint density at radius 1 is 1.32 bits per heavy atom. The summed E-state index contributed by atoms with van der Waals surface area (Å²) in [6.45, 7) is 6.00. The van der Waals surface area contributed by atoms with Gasteiger partial charge in [0.1, 0.15) is 0 Å². The van der Waals surface area contributed by atoms with Crippen LogP contribution in [-0.4, -0.2) is 18.1 Å². The number of benzene rings is 1. The highest BCUT2D eigenvalue weighted by Crippen LogP contribution is 2.22. The Morgan fingerprint density at radius 3 is 2.89 bits per heavy atom. The number of hydrogen-bond acceptors (Lipinski definition) is 3. The molecule has 0 bridgehead atoms. The smallest absolute Gasteiger partial charge is 0.0725 e. The molecule has 0 aliphatic rings. The van der Waals surface area contributed by atoms with Crippen LogP contribution in [0.4, 0.5) is 5.69 Å². The minimum absolute atomic E-state index is 0.609. The van der Waals surface area contributed by atoms with Crippen LogP contribution in [0.25, 0.3) is 10.9 Å². The first kappa shape index (κ1) is 13.8. The third-order valence-electron chi connectivity index (χ3n) is 3.44. The van der Waals surface area contributed by atoms with Crippen LogP contribution < -0.4 is 11.1 Å². The molecular formula is C16H23N3. The van der Waals surface area contributed by atoms with Crippen LogP contribution in [0.5, 0.6) is 0 Å². The van der Waals surface area contributed by atoms with E-state index in [-0.39, 0.29) is 0 Å². The second kappa shape index (κ2) is 6.53. The molecule has 102 valence electrons. The fraction of sp³-hybridized carbons (Fsp3) is 0.438. The lowest BCUT2D eigenvalue weighted by atomic mass is 10.1. The van der Waals surface area contributed by atoms with Crippen molar-refractivity contribution in [1.29, 1.82) is 0 Å². The van der Waals surface area contributed by atoms with Gasteiger partial charge in [0.2, 0.25) is 0 Å². The van der Waals surface area contributed by atoms with Crippen molar-refractivity contribution >= 4 is 16.6 Å². The van der Waals surface area contributed by atoms with E-state index in [0.717, 1.165) is 30.7 Å². The summed E-state index contributed by atoms with van der Waals surface area (Å²) >= 11 is 0. The SMILES string of the molecule is Cc1cc(NCCCC(C)CN)c2ccccc2n1. The van der Waals surface area contributed by atoms with Gasteiger partial charge in [0.05, 0.1) is 5.52 Å². The highest BCUT2D eigenvalue weighted by Gasteiger charge is 2.03. The van der Waals surface area contributed by atoms with Gasteiger partial charge in [-0.25, -0.2) is 0 Å². The molecule has 0 radical (unpaired) electrons. The summed E-state index contributed by atoms with van der Waals surface area (Å²) in [5.74, 6) is 0.609. The zero-order valence-electron chi connectivity index (χ0n) is 11.8. The topological polar surface area (TPSA) is 50.9 Å². The van der Waals surface area contributed by atoms with E-state index in [4.69, 9.17) is 5.73 Å². The number of rotatable bonds is 6. The molecule has 19 heavy (non-hydrogen) atoms. The molecule has 1 atom stereocenters. The number of anilines is 1. The first-order valence-corrected chi connectivity index (χ1v) is 7.01. The number of fused-ring (bicyclic) bond motifs is 1. The van der Waals surface area contributed by atoms with Crippen molar-refractivity contribution < 1.29 is 0 Å². The number of aryl methyl sites for hydroxylation is 1. The summed E-state index contributed by atoms with van der Waals surface area (Å²) in [5, 5.41) is 4.72. The van der Waals surface area contributed by atoms with Crippen LogP contribution in [0.2, 0.25) is 0 Å². The number of aromatic nitrogens is 1. The minimum atomic E-state index is 0.609. The fourth-order valence-electron chi connectivity index (χ4n) is 2.25. The fourth-order valence-corrected chi connectivity index (χ4v) is 2.25. The molecule has 0 amide bonds. The van der Waals surface area contributed by atoms with Crippen LogP contribution in [0.1, 0.15) is 25.5 Å². The molecule has 0 saturated carbocycles. The van der Waals surface area contributed by atoms with E-state index < -0.39 is 0 Å². The van der Waals surface area contributed by atoms with Gasteiger partial charge >= 0.3 is 0 Å². The van der Waals surface area contributed by atoms with E-state index >= 15 is 0 Å². The molecule has 1 aromatic heterocycles. The molecule has 1 aromatic carbocycles. The van der Waals surface area contributed by atoms with Gasteiger partial charge in [0, 0.05) is 23.3 Å². The average molecular weight is 257 g/mol. The third-order valence-corrected chi connectivity index (χ3v) is 3.44. The van der Waals surface area contributed by atoms with E-state index in [1.54, 1.807) is 0 Å². The van der Waals surface area contributed by atoms with E-state index in [2.05, 4.69) is 41.5 Å². The highest BCUT2D eigenvalue weighted by atomic mass is 14.9. The van der Waals surface area contributed by atoms with Crippen LogP contribution in [0.15, 0.2) is 30.3 Å². The Balaban J connectivity index is 2.04. The number of hydrogen-bond donors (Lipinski definition) is 2. The lowest BCUT2D eigenvalue weighted by Crippen LogP contribution is -2.12. The maximum atomic E-state index is 5.63. The lowest BCUT2D eigenvalue weighted by molar-refractivity contribution is 0.529. The molecule has 0 spiro atoms. The van der Waals surface area contributed by atoms with Crippen LogP contribution in [0, 0.1) is 12.8 Å². The second-order valence-corrected chi connectivity index (χ2v) is 5.24. The van der Waals surface area contributed by atoms with Gasteiger partial charge in [-0.05, 0) is 44.4 Å². The van der Waals surface area contributed by atoms with Crippen molar-refractivity contribution in [3.8, 4) is 0 Å². The maximum Gasteiger partial charge on any atom is 0.0725 e. The van der Waals surface area contributed by atoms with Crippen molar-refractivity contribution in [1.82, 2.24) is 4.98 Å². The zero-order valence-corrected chi connectivity index (χ0v) is 11.8. The Kier molecular flexibility index (Phi) is 4.74. The average Bonchev–Trinajstić information content (AvgIpc) is 2.42. The first-order valence-electron chi connectivity index (χ1n) is 7.01. The van der Waals surface area contributed by atoms with Crippen LogP contribution in [0.3, 0.4) is 0 Å². The number of para-hydroxylation sites is 1. The van der Waals surface area contributed by atoms with Gasteiger partial charge in [-0.2, -0.15) is 0 Å². The quantitative estimate of drug-likeness (QED) is 0.780. The van der Waals surface area contributed by atoms with Crippen molar-refractivity contribution in [2.24, 2.45) is 11.7 Å². The first-order chi connectivity index (χ1) is 9.20. The van der Waals surface area contributed by atoms with Crippen molar-refractivity contribution in [3.63, 3.8) is 0 Å². The standard InChI is InChI=1S/C16H23N3/c1-12(11-17)6-5-9-18-16-10-13(2)19-15-8-4-3-7-14(15)16/h3-4,7-8,10,12H,5-6,9,11,17H2,1-2H3,(H,18,19). The van der Waals surface area contributed by atoms with Gasteiger partial charge in [-0.1, -0.05) is 25.1 Å². The second-order valence-electron chi connectivity index (χ2n) is 5.24. The Bertz CT molecular complexity index is 537. The maximum absolute atomic E-state index is 5.63. The molecule has 0 aliphatic heterocycles. The molecule has 1 heterocycles. The van der Waals surface area contributed by atoms with E-state index in [1.807, 2.05) is 13.0 Å². The van der Waals surface area contributed by atoms with Crippen molar-refractivity contribution in [3.05, 3.63) is 36.0 Å². The predicted molar refractivity (Wildman–Crippen MR) is 82.4 cm³/mol. The number of nitrogens with one attached hydrogen (secondary N) is 1. The predicted octanol–water partition coefficient (Wildman–Crippen LogP) is 3.33. The summed E-state index contributed by atoms with van der Waals surface area (Å²) in [4.78, 5) is 4.55. The Labute approximate surface area is 115 Å². The largest absolute Gasteiger partial charge is 0.384 e. The number of nitrogens with two attached hydrogens (primary N) is 1. The summed E-state index contributed by atoms with van der Waals surface area (Å²) in [5.41, 5.74) is 8.92. The third kappa shape index (κ3) is 3.67. The Hall–Kier alpha value is -1.61. The molecule has 0 saturated heterocycles. The summed E-state index contributed by atoms with van der Waals surface area (Å²) in [6.07, 6.45) is 2.32. The summed E-state index contributed by atoms with van der Waals surface area (Å²) in [6, 6.07) is 10.4. The highest BCUT2D eigenvalue weighted by molar-refractivity contribution is 5.91. The molecule has 1 unspecified atom stereocenters. The molecule has 2 rings (SSSR count). The lowest BCUT2D eigenvalue weighted by Gasteiger charge is -2.12. The summed E-state index contributed by atoms with van der Waals surface area (Å²) in [7, 11) is 0. The van der Waals surface area contributed by atoms with E-state index in [0.29, 0.717) is 5.92 Å². The monoisotopic (exact) mass is 257 g/mol. The van der Waals surface area contributed by atoms with Crippen molar-refractivity contribution in [2.75, 3.05) is 18.4 Å². The van der Waals surface area contributed by atoms with Gasteiger partial charge < -0.3 is 11.1 Å². The molecule has 0 fully saturated rings. The molecule has 3 N–H and O–H groups in total. The normalized spacial score (nSPS) is 12.6. The molecular weight excluding hydrogens is 234 g/mol. The zero-order chi connectivity index (χ0) is 13.7. The Morgan fingerprint density at radius 2 is 2.11 bits per heavy atom. The molecule has 0 aliphatic carbocycles. The number of nitrogens with zero attached hydrogens (tertiary/aromatic N) is 1. The summed E-state index contributed by atoms with van der Waals surface area (Å²) < 4.78 is 0. The van der Waals surface area contributed by atoms with Gasteiger partial charge in [0.25, 0.3) is 0 Å². The molecule has 3 nitrogen and oxygen atoms in total. The van der Waals surface area contributed by atoms with Crippen molar-refractivity contribution in [2.45, 2.75) is 26.7 Å². The minimum Gasteiger partial charge on any atom is -0.384 e. The van der Waals surface area contributed by atoms with Crippen LogP contribution >= 0.6 is 0 Å². The molecule has 2 aromatic rings. The number of pyridine rings is 1. The van der Waals surface area contributed by atoms with Gasteiger partial charge in [-0.3, -0.25) is 4.98 Å². The molecule has 3 heteroatoms. The van der Waals surface area contributed by atoms with Gasteiger partial charge in [0.15, 0.2) is 0 Å². The van der Waals surface area contributed by atoms with E-state index in [1.165, 1.54) is 17.5 Å². The van der Waals surface area contributed by atoms with Crippen LogP contribution in [-0.2, 0) is 0 Å². The van der Waals surface area contributed by atoms with Gasteiger partial charge in [-0.15, -0.1) is 0 Å².